The summed E-state index contributed by atoms with van der Waals surface area (Å²) >= 11 is 5.95. The van der Waals surface area contributed by atoms with Gasteiger partial charge in [0, 0.05) is 49.0 Å². The molecule has 0 unspecified atom stereocenters. The van der Waals surface area contributed by atoms with Crippen molar-refractivity contribution < 1.29 is 9.59 Å². The zero-order valence-corrected chi connectivity index (χ0v) is 17.1. The van der Waals surface area contributed by atoms with Crippen molar-refractivity contribution in [2.24, 2.45) is 0 Å². The molecule has 1 aliphatic rings. The van der Waals surface area contributed by atoms with Crippen LogP contribution in [0.25, 0.3) is 0 Å². The van der Waals surface area contributed by atoms with E-state index in [-0.39, 0.29) is 17.7 Å². The molecule has 6 heteroatoms. The van der Waals surface area contributed by atoms with Crippen molar-refractivity contribution >= 4 is 29.0 Å². The summed E-state index contributed by atoms with van der Waals surface area (Å²) in [7, 11) is 0. The Morgan fingerprint density at radius 2 is 1.75 bits per heavy atom. The first-order chi connectivity index (χ1) is 13.4. The highest BCUT2D eigenvalue weighted by molar-refractivity contribution is 6.30. The third-order valence-corrected chi connectivity index (χ3v) is 5.44. The van der Waals surface area contributed by atoms with Gasteiger partial charge in [-0.1, -0.05) is 35.9 Å². The molecule has 0 saturated carbocycles. The molecule has 5 nitrogen and oxygen atoms in total. The summed E-state index contributed by atoms with van der Waals surface area (Å²) in [5, 5.41) is 3.68. The number of ketones is 1. The number of Topliss-reactive ketones (excluding diaryl/α,β-unsaturated/α-hetero) is 1. The monoisotopic (exact) mass is 399 g/mol. The Bertz CT molecular complexity index is 830. The second-order valence-electron chi connectivity index (χ2n) is 7.24. The van der Waals surface area contributed by atoms with Crippen molar-refractivity contribution in [1.29, 1.82) is 0 Å². The molecule has 1 aliphatic heterocycles. The van der Waals surface area contributed by atoms with Crippen LogP contribution in [0, 0.1) is 0 Å². The van der Waals surface area contributed by atoms with Gasteiger partial charge in [0.2, 0.25) is 5.91 Å². The number of nitrogens with one attached hydrogen (secondary N) is 1. The Kier molecular flexibility index (Phi) is 6.83. The molecule has 1 atom stereocenters. The number of amides is 1. The van der Waals surface area contributed by atoms with E-state index in [4.69, 9.17) is 11.6 Å². The lowest BCUT2D eigenvalue weighted by molar-refractivity contribution is -0.121. The van der Waals surface area contributed by atoms with E-state index >= 15 is 0 Å². The molecule has 28 heavy (non-hydrogen) atoms. The topological polar surface area (TPSA) is 52.7 Å². The van der Waals surface area contributed by atoms with Gasteiger partial charge in [0.15, 0.2) is 5.78 Å². The Labute approximate surface area is 171 Å². The lowest BCUT2D eigenvalue weighted by Gasteiger charge is -2.37. The summed E-state index contributed by atoms with van der Waals surface area (Å²) in [5.74, 6) is -0.0622. The molecule has 1 saturated heterocycles. The molecule has 148 valence electrons. The molecule has 2 aromatic carbocycles. The number of rotatable bonds is 6. The second-order valence-corrected chi connectivity index (χ2v) is 7.68. The van der Waals surface area contributed by atoms with Gasteiger partial charge in [-0.15, -0.1) is 0 Å². The molecule has 0 spiro atoms. The Hall–Kier alpha value is -2.21. The molecule has 1 heterocycles. The number of nitrogens with zero attached hydrogens (tertiary/aromatic N) is 2. The Morgan fingerprint density at radius 1 is 1.07 bits per heavy atom. The smallest absolute Gasteiger partial charge is 0.241 e. The van der Waals surface area contributed by atoms with E-state index < -0.39 is 0 Å². The van der Waals surface area contributed by atoms with Crippen LogP contribution < -0.4 is 5.32 Å². The maximum atomic E-state index is 12.6. The molecule has 0 aliphatic carbocycles. The summed E-state index contributed by atoms with van der Waals surface area (Å²) < 4.78 is 0. The molecule has 2 aromatic rings. The first-order valence-corrected chi connectivity index (χ1v) is 9.93. The van der Waals surface area contributed by atoms with E-state index in [0.717, 1.165) is 37.7 Å². The van der Waals surface area contributed by atoms with Gasteiger partial charge in [0.25, 0.3) is 0 Å². The van der Waals surface area contributed by atoms with Crippen LogP contribution in [0.2, 0.25) is 5.02 Å². The zero-order valence-electron chi connectivity index (χ0n) is 16.3. The minimum atomic E-state index is -0.223. The Balaban J connectivity index is 1.50. The van der Waals surface area contributed by atoms with Crippen LogP contribution >= 0.6 is 11.6 Å². The van der Waals surface area contributed by atoms with Crippen molar-refractivity contribution in [3.05, 3.63) is 64.7 Å². The van der Waals surface area contributed by atoms with E-state index in [1.165, 1.54) is 12.5 Å². The number of benzene rings is 2. The predicted octanol–water partition coefficient (Wildman–Crippen LogP) is 3.69. The van der Waals surface area contributed by atoms with Gasteiger partial charge in [-0.2, -0.15) is 0 Å². The molecule has 0 radical (unpaired) electrons. The predicted molar refractivity (Wildman–Crippen MR) is 113 cm³/mol. The first kappa shape index (κ1) is 20.5. The fourth-order valence-corrected chi connectivity index (χ4v) is 3.51. The molecule has 1 amide bonds. The van der Waals surface area contributed by atoms with E-state index in [0.29, 0.717) is 11.3 Å². The van der Waals surface area contributed by atoms with Crippen molar-refractivity contribution in [3.63, 3.8) is 0 Å². The van der Waals surface area contributed by atoms with Crippen molar-refractivity contribution in [2.75, 3.05) is 31.5 Å². The normalized spacial score (nSPS) is 16.5. The quantitative estimate of drug-likeness (QED) is 0.753. The summed E-state index contributed by atoms with van der Waals surface area (Å²) in [6.45, 7) is 7.86. The van der Waals surface area contributed by atoms with Gasteiger partial charge in [-0.25, -0.2) is 0 Å². The van der Waals surface area contributed by atoms with Crippen LogP contribution in [0.1, 0.15) is 29.8 Å². The van der Waals surface area contributed by atoms with Gasteiger partial charge in [0.1, 0.15) is 0 Å². The standard InChI is InChI=1S/C22H26ClN3O2/c1-16(22(28)24-21-5-3-4-19(14-21)17(2)27)26-12-10-25(11-13-26)15-18-6-8-20(23)9-7-18/h3-9,14,16H,10-13,15H2,1-2H3,(H,24,28)/t16-/m1/s1. The van der Waals surface area contributed by atoms with Crippen LogP contribution in [-0.2, 0) is 11.3 Å². The van der Waals surface area contributed by atoms with Crippen LogP contribution in [0.5, 0.6) is 0 Å². The fourth-order valence-electron chi connectivity index (χ4n) is 3.39. The summed E-state index contributed by atoms with van der Waals surface area (Å²) in [6.07, 6.45) is 0. The third-order valence-electron chi connectivity index (χ3n) is 5.19. The number of anilines is 1. The van der Waals surface area contributed by atoms with Gasteiger partial charge < -0.3 is 5.32 Å². The maximum Gasteiger partial charge on any atom is 0.241 e. The Morgan fingerprint density at radius 3 is 2.39 bits per heavy atom. The second kappa shape index (κ2) is 9.32. The molecular weight excluding hydrogens is 374 g/mol. The minimum absolute atomic E-state index is 0.0130. The highest BCUT2D eigenvalue weighted by Gasteiger charge is 2.25. The van der Waals surface area contributed by atoms with E-state index in [1.807, 2.05) is 19.1 Å². The molecule has 1 N–H and O–H groups in total. The number of piperazine rings is 1. The largest absolute Gasteiger partial charge is 0.325 e. The summed E-state index contributed by atoms with van der Waals surface area (Å²) in [5.41, 5.74) is 2.50. The number of carbonyl (C=O) groups is 2. The number of halogens is 1. The molecular formula is C22H26ClN3O2. The number of hydrogen-bond acceptors (Lipinski definition) is 4. The van der Waals surface area contributed by atoms with Gasteiger partial charge in [-0.3, -0.25) is 19.4 Å². The van der Waals surface area contributed by atoms with Crippen molar-refractivity contribution in [1.82, 2.24) is 9.80 Å². The van der Waals surface area contributed by atoms with Crippen LogP contribution in [0.15, 0.2) is 48.5 Å². The van der Waals surface area contributed by atoms with Crippen LogP contribution in [-0.4, -0.2) is 53.7 Å². The highest BCUT2D eigenvalue weighted by Crippen LogP contribution is 2.16. The molecule has 1 fully saturated rings. The van der Waals surface area contributed by atoms with Gasteiger partial charge >= 0.3 is 0 Å². The number of carbonyl (C=O) groups excluding carboxylic acids is 2. The van der Waals surface area contributed by atoms with E-state index in [2.05, 4.69) is 27.2 Å². The minimum Gasteiger partial charge on any atom is -0.325 e. The average molecular weight is 400 g/mol. The highest BCUT2D eigenvalue weighted by atomic mass is 35.5. The fraction of sp³-hybridized carbons (Fsp3) is 0.364. The first-order valence-electron chi connectivity index (χ1n) is 9.55. The van der Waals surface area contributed by atoms with Crippen LogP contribution in [0.3, 0.4) is 0 Å². The van der Waals surface area contributed by atoms with Gasteiger partial charge in [-0.05, 0) is 43.7 Å². The average Bonchev–Trinajstić information content (AvgIpc) is 2.70. The molecule has 3 rings (SSSR count). The summed E-state index contributed by atoms with van der Waals surface area (Å²) in [4.78, 5) is 28.7. The molecule has 0 bridgehead atoms. The zero-order chi connectivity index (χ0) is 20.1. The summed E-state index contributed by atoms with van der Waals surface area (Å²) in [6, 6.07) is 14.8. The number of hydrogen-bond donors (Lipinski definition) is 1. The van der Waals surface area contributed by atoms with E-state index in [9.17, 15) is 9.59 Å². The SMILES string of the molecule is CC(=O)c1cccc(NC(=O)[C@@H](C)N2CCN(Cc3ccc(Cl)cc3)CC2)c1. The van der Waals surface area contributed by atoms with Crippen molar-refractivity contribution in [3.8, 4) is 0 Å². The van der Waals surface area contributed by atoms with Gasteiger partial charge in [0.05, 0.1) is 6.04 Å². The lowest BCUT2D eigenvalue weighted by atomic mass is 10.1. The maximum absolute atomic E-state index is 12.6. The molecule has 0 aromatic heterocycles. The van der Waals surface area contributed by atoms with E-state index in [1.54, 1.807) is 24.3 Å². The lowest BCUT2D eigenvalue weighted by Crippen LogP contribution is -2.52. The van der Waals surface area contributed by atoms with Crippen LogP contribution in [0.4, 0.5) is 5.69 Å². The van der Waals surface area contributed by atoms with Crippen molar-refractivity contribution in [2.45, 2.75) is 26.4 Å². The third kappa shape index (κ3) is 5.41.